The van der Waals surface area contributed by atoms with Crippen LogP contribution in [0.15, 0.2) is 109 Å². The summed E-state index contributed by atoms with van der Waals surface area (Å²) in [7, 11) is 0. The topological polar surface area (TPSA) is 101 Å². The summed E-state index contributed by atoms with van der Waals surface area (Å²) in [5.41, 5.74) is 3.28. The third-order valence-corrected chi connectivity index (χ3v) is 7.62. The number of carbonyl (C=O) groups excluding carboxylic acids is 3. The Bertz CT molecular complexity index is 1620. The lowest BCUT2D eigenvalue weighted by Crippen LogP contribution is -2.62. The number of fused-ring (bicyclic) bond motifs is 2. The van der Waals surface area contributed by atoms with Gasteiger partial charge in [-0.3, -0.25) is 14.6 Å². The molecule has 9 heteroatoms. The van der Waals surface area contributed by atoms with E-state index >= 15 is 0 Å². The number of amides is 4. The van der Waals surface area contributed by atoms with Crippen LogP contribution in [0, 0.1) is 0 Å². The maximum atomic E-state index is 14.3. The lowest BCUT2D eigenvalue weighted by atomic mass is 10.0. The fraction of sp³-hybridized carbons (Fsp3) is 0.152. The molecule has 2 heterocycles. The largest absolute Gasteiger partial charge is 0.480 e. The summed E-state index contributed by atoms with van der Waals surface area (Å²) in [5, 5.41) is 10.3. The van der Waals surface area contributed by atoms with E-state index in [0.717, 1.165) is 0 Å². The van der Waals surface area contributed by atoms with Crippen molar-refractivity contribution in [2.24, 2.45) is 0 Å². The number of rotatable bonds is 3. The molecule has 0 saturated carbocycles. The van der Waals surface area contributed by atoms with Gasteiger partial charge >= 0.3 is 18.0 Å². The predicted molar refractivity (Wildman–Crippen MR) is 159 cm³/mol. The van der Waals surface area contributed by atoms with Gasteiger partial charge in [-0.05, 0) is 48.0 Å². The zero-order chi connectivity index (χ0) is 29.2. The maximum Gasteiger partial charge on any atom is 0.330 e. The summed E-state index contributed by atoms with van der Waals surface area (Å²) in [6.07, 6.45) is 0.121. The molecule has 0 aromatic heterocycles. The number of anilines is 4. The van der Waals surface area contributed by atoms with Gasteiger partial charge in [0.15, 0.2) is 5.78 Å². The molecule has 4 amide bonds. The van der Waals surface area contributed by atoms with Crippen LogP contribution in [0.4, 0.5) is 32.3 Å². The number of Topliss-reactive ketones (excluding diaryl/α,β-unsaturated/α-hetero) is 1. The Morgan fingerprint density at radius 3 is 1.93 bits per heavy atom. The first-order chi connectivity index (χ1) is 20.4. The van der Waals surface area contributed by atoms with Gasteiger partial charge < -0.3 is 14.9 Å². The SMILES string of the molecule is O=C1Cc2ccccc2N(C(=O)N2CCN(C(=O)N(c3ccccc3)c3ccccc3)C[C@H]2C(=O)O)c2ccccc21. The molecule has 0 unspecified atom stereocenters. The molecule has 6 rings (SSSR count). The van der Waals surface area contributed by atoms with E-state index in [1.165, 1.54) is 14.7 Å². The molecule has 0 radical (unpaired) electrons. The Morgan fingerprint density at radius 2 is 1.29 bits per heavy atom. The standard InChI is InChI=1S/C33H28N4O5/c38-30-21-23-11-7-9-17-27(23)37(28-18-10-8-16-26(28)30)33(42)35-20-19-34(22-29(35)31(39)40)32(41)36(24-12-3-1-4-13-24)25-14-5-2-6-15-25/h1-18,29H,19-22H2,(H,39,40)/t29-/m0/s1. The van der Waals surface area contributed by atoms with Crippen LogP contribution in [0.3, 0.4) is 0 Å². The second-order valence-electron chi connectivity index (χ2n) is 10.1. The molecular formula is C33H28N4O5. The van der Waals surface area contributed by atoms with E-state index in [9.17, 15) is 24.3 Å². The Labute approximate surface area is 242 Å². The summed E-state index contributed by atoms with van der Waals surface area (Å²) in [4.78, 5) is 59.7. The van der Waals surface area contributed by atoms with Crippen molar-refractivity contribution in [1.82, 2.24) is 9.80 Å². The minimum Gasteiger partial charge on any atom is -0.480 e. The van der Waals surface area contributed by atoms with E-state index in [1.54, 1.807) is 53.4 Å². The Hall–Kier alpha value is -5.44. The highest BCUT2D eigenvalue weighted by molar-refractivity contribution is 6.12. The molecule has 1 N–H and O–H groups in total. The van der Waals surface area contributed by atoms with Crippen molar-refractivity contribution in [2.45, 2.75) is 12.5 Å². The number of carboxylic acids is 1. The van der Waals surface area contributed by atoms with Gasteiger partial charge in [0.1, 0.15) is 6.04 Å². The molecule has 9 nitrogen and oxygen atoms in total. The van der Waals surface area contributed by atoms with Gasteiger partial charge in [-0.1, -0.05) is 66.7 Å². The molecule has 0 aliphatic carbocycles. The lowest BCUT2D eigenvalue weighted by Gasteiger charge is -2.42. The van der Waals surface area contributed by atoms with Crippen molar-refractivity contribution in [3.05, 3.63) is 120 Å². The van der Waals surface area contributed by atoms with Crippen molar-refractivity contribution in [3.63, 3.8) is 0 Å². The molecule has 2 aliphatic rings. The predicted octanol–water partition coefficient (Wildman–Crippen LogP) is 5.71. The van der Waals surface area contributed by atoms with Crippen LogP contribution in [0.2, 0.25) is 0 Å². The fourth-order valence-corrected chi connectivity index (χ4v) is 5.58. The number of urea groups is 2. The van der Waals surface area contributed by atoms with Crippen LogP contribution >= 0.6 is 0 Å². The maximum absolute atomic E-state index is 14.3. The van der Waals surface area contributed by atoms with E-state index in [1.807, 2.05) is 60.7 Å². The van der Waals surface area contributed by atoms with Gasteiger partial charge in [-0.15, -0.1) is 0 Å². The van der Waals surface area contributed by atoms with Crippen LogP contribution < -0.4 is 9.80 Å². The first-order valence-electron chi connectivity index (χ1n) is 13.7. The van der Waals surface area contributed by atoms with Gasteiger partial charge in [0.2, 0.25) is 0 Å². The van der Waals surface area contributed by atoms with Crippen LogP contribution in [-0.2, 0) is 11.2 Å². The molecule has 42 heavy (non-hydrogen) atoms. The van der Waals surface area contributed by atoms with Crippen molar-refractivity contribution < 1.29 is 24.3 Å². The summed E-state index contributed by atoms with van der Waals surface area (Å²) in [6.45, 7) is -0.0829. The van der Waals surface area contributed by atoms with Crippen molar-refractivity contribution >= 4 is 46.6 Å². The highest BCUT2D eigenvalue weighted by Crippen LogP contribution is 2.37. The number of benzene rings is 4. The van der Waals surface area contributed by atoms with Gasteiger partial charge in [0.25, 0.3) is 0 Å². The number of hydrogen-bond donors (Lipinski definition) is 1. The van der Waals surface area contributed by atoms with E-state index in [2.05, 4.69) is 0 Å². The summed E-state index contributed by atoms with van der Waals surface area (Å²) in [5.74, 6) is -1.35. The number of carbonyl (C=O) groups is 4. The molecule has 0 bridgehead atoms. The number of piperazine rings is 1. The van der Waals surface area contributed by atoms with E-state index in [0.29, 0.717) is 33.9 Å². The number of aliphatic carboxylic acids is 1. The van der Waals surface area contributed by atoms with Gasteiger partial charge in [-0.2, -0.15) is 0 Å². The van der Waals surface area contributed by atoms with E-state index in [-0.39, 0.29) is 37.9 Å². The lowest BCUT2D eigenvalue weighted by molar-refractivity contribution is -0.143. The molecular weight excluding hydrogens is 532 g/mol. The van der Waals surface area contributed by atoms with Gasteiger partial charge in [0, 0.05) is 25.1 Å². The monoisotopic (exact) mass is 560 g/mol. The zero-order valence-electron chi connectivity index (χ0n) is 22.7. The molecule has 1 fully saturated rings. The third kappa shape index (κ3) is 4.85. The quantitative estimate of drug-likeness (QED) is 0.346. The number of nitrogens with zero attached hydrogens (tertiary/aromatic N) is 4. The molecule has 4 aromatic carbocycles. The first kappa shape index (κ1) is 26.8. The van der Waals surface area contributed by atoms with E-state index < -0.39 is 18.0 Å². The molecule has 2 aliphatic heterocycles. The smallest absolute Gasteiger partial charge is 0.330 e. The average Bonchev–Trinajstić information content (AvgIpc) is 3.15. The van der Waals surface area contributed by atoms with Crippen LogP contribution in [-0.4, -0.2) is 64.4 Å². The molecule has 1 atom stereocenters. The summed E-state index contributed by atoms with van der Waals surface area (Å²) >= 11 is 0. The second-order valence-corrected chi connectivity index (χ2v) is 10.1. The van der Waals surface area contributed by atoms with Crippen LogP contribution in [0.25, 0.3) is 0 Å². The van der Waals surface area contributed by atoms with Crippen molar-refractivity contribution in [1.29, 1.82) is 0 Å². The minimum absolute atomic E-state index is 0.00621. The third-order valence-electron chi connectivity index (χ3n) is 7.62. The normalized spacial score (nSPS) is 16.2. The Kier molecular flexibility index (Phi) is 7.14. The highest BCUT2D eigenvalue weighted by Gasteiger charge is 2.42. The summed E-state index contributed by atoms with van der Waals surface area (Å²) < 4.78 is 0. The van der Waals surface area contributed by atoms with Crippen molar-refractivity contribution in [3.8, 4) is 0 Å². The van der Waals surface area contributed by atoms with Crippen LogP contribution in [0.1, 0.15) is 15.9 Å². The van der Waals surface area contributed by atoms with Gasteiger partial charge in [-0.25, -0.2) is 14.4 Å². The molecule has 4 aromatic rings. The highest BCUT2D eigenvalue weighted by atomic mass is 16.4. The minimum atomic E-state index is -1.30. The molecule has 0 spiro atoms. The van der Waals surface area contributed by atoms with Gasteiger partial charge in [0.05, 0.1) is 29.3 Å². The number of hydrogen-bond acceptors (Lipinski definition) is 4. The first-order valence-corrected chi connectivity index (χ1v) is 13.7. The number of para-hydroxylation sites is 4. The van der Waals surface area contributed by atoms with Crippen molar-refractivity contribution in [2.75, 3.05) is 29.4 Å². The number of ketones is 1. The number of carboxylic acid groups (broad SMARTS) is 1. The molecule has 210 valence electrons. The zero-order valence-corrected chi connectivity index (χ0v) is 22.7. The van der Waals surface area contributed by atoms with E-state index in [4.69, 9.17) is 0 Å². The second kappa shape index (κ2) is 11.2. The molecule has 1 saturated heterocycles. The average molecular weight is 561 g/mol. The fourth-order valence-electron chi connectivity index (χ4n) is 5.58. The Balaban J connectivity index is 1.33. The Morgan fingerprint density at radius 1 is 0.714 bits per heavy atom. The summed E-state index contributed by atoms with van der Waals surface area (Å²) in [6, 6.07) is 30.0. The van der Waals surface area contributed by atoms with Crippen LogP contribution in [0.5, 0.6) is 0 Å².